The molecule has 0 radical (unpaired) electrons. The van der Waals surface area contributed by atoms with Crippen LogP contribution in [0.15, 0.2) is 18.2 Å². The Bertz CT molecular complexity index is 679. The fraction of sp³-hybridized carbons (Fsp3) is 0.650. The SMILES string of the molecule is CC(C)[C@H](Nc1ccc(C(F)(F)F)cc1Cl)C(=O)NCC1CCN(C(C)C)C1. The van der Waals surface area contributed by atoms with Gasteiger partial charge in [-0.2, -0.15) is 13.2 Å². The number of likely N-dealkylation sites (tertiary alicyclic amines) is 1. The van der Waals surface area contributed by atoms with E-state index in [1.54, 1.807) is 0 Å². The number of nitrogens with zero attached hydrogens (tertiary/aromatic N) is 1. The maximum atomic E-state index is 12.8. The minimum atomic E-state index is -4.46. The second-order valence-electron chi connectivity index (χ2n) is 8.05. The van der Waals surface area contributed by atoms with Crippen molar-refractivity contribution >= 4 is 23.2 Å². The standard InChI is InChI=1S/C20H29ClF3N3O/c1-12(2)18(19(28)25-10-14-7-8-27(11-14)13(3)4)26-17-6-5-15(9-16(17)21)20(22,23)24/h5-6,9,12-14,18,26H,7-8,10-11H2,1-4H3,(H,25,28)/t14?,18-/m0/s1. The van der Waals surface area contributed by atoms with Crippen LogP contribution >= 0.6 is 11.6 Å². The van der Waals surface area contributed by atoms with Gasteiger partial charge >= 0.3 is 6.18 Å². The van der Waals surface area contributed by atoms with Crippen molar-refractivity contribution in [3.8, 4) is 0 Å². The minimum Gasteiger partial charge on any atom is -0.372 e. The van der Waals surface area contributed by atoms with Crippen molar-refractivity contribution in [3.05, 3.63) is 28.8 Å². The monoisotopic (exact) mass is 419 g/mol. The zero-order valence-electron chi connectivity index (χ0n) is 16.7. The molecular formula is C20H29ClF3N3O. The van der Waals surface area contributed by atoms with Crippen LogP contribution in [0.4, 0.5) is 18.9 Å². The van der Waals surface area contributed by atoms with E-state index in [0.717, 1.165) is 31.6 Å². The highest BCUT2D eigenvalue weighted by atomic mass is 35.5. The lowest BCUT2D eigenvalue weighted by Crippen LogP contribution is -2.45. The summed E-state index contributed by atoms with van der Waals surface area (Å²) in [5, 5.41) is 5.94. The van der Waals surface area contributed by atoms with Crippen LogP contribution in [0.2, 0.25) is 5.02 Å². The summed E-state index contributed by atoms with van der Waals surface area (Å²) in [5.41, 5.74) is -0.500. The molecule has 158 valence electrons. The molecule has 1 amide bonds. The van der Waals surface area contributed by atoms with Crippen molar-refractivity contribution in [1.29, 1.82) is 0 Å². The molecule has 1 aromatic carbocycles. The number of anilines is 1. The number of carbonyl (C=O) groups excluding carboxylic acids is 1. The molecule has 2 N–H and O–H groups in total. The number of amides is 1. The predicted molar refractivity (Wildman–Crippen MR) is 107 cm³/mol. The van der Waals surface area contributed by atoms with Crippen molar-refractivity contribution in [1.82, 2.24) is 10.2 Å². The van der Waals surface area contributed by atoms with Gasteiger partial charge in [-0.25, -0.2) is 0 Å². The third kappa shape index (κ3) is 6.01. The minimum absolute atomic E-state index is 0.0587. The number of alkyl halides is 3. The highest BCUT2D eigenvalue weighted by Crippen LogP contribution is 2.34. The Morgan fingerprint density at radius 2 is 1.96 bits per heavy atom. The first-order valence-corrected chi connectivity index (χ1v) is 10.0. The summed E-state index contributed by atoms with van der Waals surface area (Å²) in [4.78, 5) is 15.1. The first kappa shape index (κ1) is 22.8. The molecule has 0 aliphatic carbocycles. The van der Waals surface area contributed by atoms with Gasteiger partial charge in [-0.1, -0.05) is 25.4 Å². The average Bonchev–Trinajstić information content (AvgIpc) is 3.06. The molecule has 8 heteroatoms. The van der Waals surface area contributed by atoms with E-state index in [1.165, 1.54) is 6.07 Å². The molecule has 1 aliphatic heterocycles. The van der Waals surface area contributed by atoms with Crippen LogP contribution < -0.4 is 10.6 Å². The van der Waals surface area contributed by atoms with E-state index in [1.807, 2.05) is 13.8 Å². The smallest absolute Gasteiger partial charge is 0.372 e. The Morgan fingerprint density at radius 1 is 1.29 bits per heavy atom. The van der Waals surface area contributed by atoms with Gasteiger partial charge in [0.05, 0.1) is 16.3 Å². The third-order valence-electron chi connectivity index (χ3n) is 5.17. The quantitative estimate of drug-likeness (QED) is 0.676. The molecule has 1 aliphatic rings. The Kier molecular flexibility index (Phi) is 7.62. The topological polar surface area (TPSA) is 44.4 Å². The molecule has 0 saturated carbocycles. The molecule has 0 bridgehead atoms. The van der Waals surface area contributed by atoms with E-state index in [4.69, 9.17) is 11.6 Å². The molecule has 1 fully saturated rings. The summed E-state index contributed by atoms with van der Waals surface area (Å²) >= 11 is 6.02. The highest BCUT2D eigenvalue weighted by Gasteiger charge is 2.32. The van der Waals surface area contributed by atoms with Gasteiger partial charge in [0.2, 0.25) is 5.91 Å². The lowest BCUT2D eigenvalue weighted by Gasteiger charge is -2.25. The van der Waals surface area contributed by atoms with E-state index in [2.05, 4.69) is 29.4 Å². The summed E-state index contributed by atoms with van der Waals surface area (Å²) in [6, 6.07) is 3.01. The Hall–Kier alpha value is -1.47. The number of hydrogen-bond acceptors (Lipinski definition) is 3. The molecule has 0 aromatic heterocycles. The van der Waals surface area contributed by atoms with Crippen LogP contribution in [0.5, 0.6) is 0 Å². The first-order chi connectivity index (χ1) is 13.0. The van der Waals surface area contributed by atoms with Gasteiger partial charge in [-0.15, -0.1) is 0 Å². The van der Waals surface area contributed by atoms with Gasteiger partial charge in [0, 0.05) is 19.1 Å². The van der Waals surface area contributed by atoms with Crippen molar-refractivity contribution in [2.45, 2.75) is 52.4 Å². The molecule has 1 heterocycles. The second kappa shape index (κ2) is 9.35. The van der Waals surface area contributed by atoms with E-state index in [9.17, 15) is 18.0 Å². The van der Waals surface area contributed by atoms with Crippen LogP contribution in [0.3, 0.4) is 0 Å². The van der Waals surface area contributed by atoms with Gasteiger partial charge in [-0.3, -0.25) is 4.79 Å². The van der Waals surface area contributed by atoms with E-state index < -0.39 is 17.8 Å². The van der Waals surface area contributed by atoms with Gasteiger partial charge in [0.1, 0.15) is 6.04 Å². The average molecular weight is 420 g/mol. The molecule has 28 heavy (non-hydrogen) atoms. The number of benzene rings is 1. The molecule has 4 nitrogen and oxygen atoms in total. The van der Waals surface area contributed by atoms with Gasteiger partial charge < -0.3 is 15.5 Å². The molecule has 1 saturated heterocycles. The summed E-state index contributed by atoms with van der Waals surface area (Å²) in [7, 11) is 0. The number of halogens is 4. The molecular weight excluding hydrogens is 391 g/mol. The summed E-state index contributed by atoms with van der Waals surface area (Å²) in [6.45, 7) is 10.7. The van der Waals surface area contributed by atoms with Gasteiger partial charge in [-0.05, 0) is 56.8 Å². The Morgan fingerprint density at radius 3 is 2.46 bits per heavy atom. The second-order valence-corrected chi connectivity index (χ2v) is 8.45. The number of carbonyl (C=O) groups is 1. The zero-order chi connectivity index (χ0) is 21.1. The first-order valence-electron chi connectivity index (χ1n) is 9.64. The maximum absolute atomic E-state index is 12.8. The van der Waals surface area contributed by atoms with Crippen LogP contribution in [0, 0.1) is 11.8 Å². The van der Waals surface area contributed by atoms with Crippen LogP contribution in [0.25, 0.3) is 0 Å². The van der Waals surface area contributed by atoms with Crippen LogP contribution in [0.1, 0.15) is 39.7 Å². The van der Waals surface area contributed by atoms with Crippen molar-refractivity contribution in [3.63, 3.8) is 0 Å². The van der Waals surface area contributed by atoms with Crippen molar-refractivity contribution in [2.24, 2.45) is 11.8 Å². The fourth-order valence-corrected chi connectivity index (χ4v) is 3.60. The number of hydrogen-bond donors (Lipinski definition) is 2. The van der Waals surface area contributed by atoms with Crippen LogP contribution in [-0.2, 0) is 11.0 Å². The summed E-state index contributed by atoms with van der Waals surface area (Å²) < 4.78 is 38.4. The highest BCUT2D eigenvalue weighted by molar-refractivity contribution is 6.33. The van der Waals surface area contributed by atoms with Gasteiger partial charge in [0.25, 0.3) is 0 Å². The predicted octanol–water partition coefficient (Wildman–Crippen LogP) is 4.64. The molecule has 0 spiro atoms. The van der Waals surface area contributed by atoms with Crippen molar-refractivity contribution < 1.29 is 18.0 Å². The zero-order valence-corrected chi connectivity index (χ0v) is 17.5. The Balaban J connectivity index is 1.98. The summed E-state index contributed by atoms with van der Waals surface area (Å²) in [6.07, 6.45) is -3.41. The molecule has 1 aromatic rings. The molecule has 2 atom stereocenters. The maximum Gasteiger partial charge on any atom is 0.416 e. The largest absolute Gasteiger partial charge is 0.416 e. The van der Waals surface area contributed by atoms with E-state index in [0.29, 0.717) is 24.2 Å². The number of nitrogens with one attached hydrogen (secondary N) is 2. The Labute approximate surface area is 169 Å². The van der Waals surface area contributed by atoms with Gasteiger partial charge in [0.15, 0.2) is 0 Å². The lowest BCUT2D eigenvalue weighted by atomic mass is 10.0. The van der Waals surface area contributed by atoms with Crippen LogP contribution in [-0.4, -0.2) is 42.5 Å². The molecule has 1 unspecified atom stereocenters. The molecule has 2 rings (SSSR count). The van der Waals surface area contributed by atoms with E-state index >= 15 is 0 Å². The lowest BCUT2D eigenvalue weighted by molar-refractivity contribution is -0.137. The fourth-order valence-electron chi connectivity index (χ4n) is 3.36. The summed E-state index contributed by atoms with van der Waals surface area (Å²) in [5.74, 6) is 0.178. The van der Waals surface area contributed by atoms with E-state index in [-0.39, 0.29) is 16.8 Å². The third-order valence-corrected chi connectivity index (χ3v) is 5.48. The number of rotatable bonds is 7. The normalized spacial score (nSPS) is 19.3. The van der Waals surface area contributed by atoms with Crippen molar-refractivity contribution in [2.75, 3.05) is 25.0 Å².